The molecule has 1 atom stereocenters. The van der Waals surface area contributed by atoms with E-state index in [1.54, 1.807) is 36.7 Å². The molecule has 0 heterocycles. The van der Waals surface area contributed by atoms with E-state index >= 15 is 0 Å². The predicted molar refractivity (Wildman–Crippen MR) is 85.1 cm³/mol. The van der Waals surface area contributed by atoms with E-state index in [1.807, 2.05) is 3.28 Å². The molecule has 0 spiro atoms. The van der Waals surface area contributed by atoms with Crippen LogP contribution in [-0.2, 0) is 23.2 Å². The average Bonchev–Trinajstić information content (AvgIpc) is 2.66. The molecular weight excluding hydrogens is 390 g/mol. The summed E-state index contributed by atoms with van der Waals surface area (Å²) in [4.78, 5) is 0. The molecule has 0 saturated carbocycles. The summed E-state index contributed by atoms with van der Waals surface area (Å²) >= 11 is -0.666. The van der Waals surface area contributed by atoms with Crippen molar-refractivity contribution in [2.45, 2.75) is 62.3 Å². The predicted octanol–water partition coefficient (Wildman–Crippen LogP) is -0.0128. The molecule has 0 aromatic carbocycles. The average molecular weight is 419 g/mol. The van der Waals surface area contributed by atoms with E-state index < -0.39 is 23.2 Å². The fourth-order valence-corrected chi connectivity index (χ4v) is 8.34. The monoisotopic (exact) mass is 416 g/mol. The Morgan fingerprint density at radius 1 is 0.773 bits per heavy atom. The van der Waals surface area contributed by atoms with Gasteiger partial charge in [-0.15, -0.1) is 0 Å². The molecule has 2 aliphatic rings. The van der Waals surface area contributed by atoms with Gasteiger partial charge in [0.1, 0.15) is 0 Å². The molecule has 0 aromatic rings. The Morgan fingerprint density at radius 3 is 1.59 bits per heavy atom. The molecule has 0 amide bonds. The van der Waals surface area contributed by atoms with Gasteiger partial charge in [0.25, 0.3) is 0 Å². The summed E-state index contributed by atoms with van der Waals surface area (Å²) in [6, 6.07) is 0. The number of halogens is 2. The summed E-state index contributed by atoms with van der Waals surface area (Å²) < 4.78 is 3.62. The topological polar surface area (TPSA) is 0 Å². The minimum absolute atomic E-state index is 0. The van der Waals surface area contributed by atoms with Gasteiger partial charge in [0.2, 0.25) is 0 Å². The number of hydrogen-bond acceptors (Lipinski definition) is 0. The van der Waals surface area contributed by atoms with Crippen molar-refractivity contribution in [1.29, 1.82) is 0 Å². The maximum Gasteiger partial charge on any atom is -1.00 e. The smallest absolute Gasteiger partial charge is 1.00 e. The summed E-state index contributed by atoms with van der Waals surface area (Å²) in [5, 5.41) is 0. The van der Waals surface area contributed by atoms with Crippen LogP contribution in [0.15, 0.2) is 40.0 Å². The Hall–Kier alpha value is 0.423. The second kappa shape index (κ2) is 7.54. The van der Waals surface area contributed by atoms with Crippen LogP contribution < -0.4 is 24.8 Å². The van der Waals surface area contributed by atoms with E-state index in [2.05, 4.69) is 62.3 Å². The van der Waals surface area contributed by atoms with Gasteiger partial charge in [-0.1, -0.05) is 0 Å². The zero-order valence-electron chi connectivity index (χ0n) is 15.3. The van der Waals surface area contributed by atoms with Crippen LogP contribution in [0.25, 0.3) is 0 Å². The van der Waals surface area contributed by atoms with Crippen molar-refractivity contribution in [1.82, 2.24) is 0 Å². The van der Waals surface area contributed by atoms with Gasteiger partial charge in [0, 0.05) is 0 Å². The van der Waals surface area contributed by atoms with Crippen molar-refractivity contribution in [3.63, 3.8) is 0 Å². The van der Waals surface area contributed by atoms with Gasteiger partial charge in [0.15, 0.2) is 0 Å². The minimum atomic E-state index is -0.666. The van der Waals surface area contributed by atoms with Gasteiger partial charge in [-0.25, -0.2) is 0 Å². The van der Waals surface area contributed by atoms with Crippen LogP contribution in [0.3, 0.4) is 0 Å². The first-order valence-corrected chi connectivity index (χ1v) is 10.1. The Labute approximate surface area is 161 Å². The Balaban J connectivity index is 0.00000220. The fourth-order valence-electron chi connectivity index (χ4n) is 3.54. The standard InChI is InChI=1S/C10H15.C9H13.2ClH.Zr/c1-7-6-10(4,5)9(3)8(7)2;1-6-5-7(2)9(4)8(6)3;;;/h1-5H3;6H,1-4H3;2*1H;/q;;;;+2/p-2. The van der Waals surface area contributed by atoms with Crippen LogP contribution in [0.4, 0.5) is 0 Å². The van der Waals surface area contributed by atoms with Gasteiger partial charge >= 0.3 is 137 Å². The molecule has 122 valence electrons. The van der Waals surface area contributed by atoms with Gasteiger partial charge in [0.05, 0.1) is 0 Å². The number of allylic oxidation sites excluding steroid dienone is 8. The van der Waals surface area contributed by atoms with Crippen LogP contribution in [-0.4, -0.2) is 0 Å². The maximum atomic E-state index is 2.43. The molecule has 0 radical (unpaired) electrons. The van der Waals surface area contributed by atoms with Gasteiger partial charge in [-0.05, 0) is 0 Å². The number of hydrogen-bond donors (Lipinski definition) is 0. The third-order valence-electron chi connectivity index (χ3n) is 5.96. The van der Waals surface area contributed by atoms with Crippen molar-refractivity contribution in [3.05, 3.63) is 40.0 Å². The largest absolute Gasteiger partial charge is 1.00 e. The van der Waals surface area contributed by atoms with E-state index in [1.165, 1.54) is 0 Å². The molecule has 3 heteroatoms. The molecule has 1 unspecified atom stereocenters. The van der Waals surface area contributed by atoms with Crippen LogP contribution in [0, 0.1) is 11.3 Å². The minimum Gasteiger partial charge on any atom is -1.00 e. The molecule has 2 aliphatic carbocycles. The zero-order valence-corrected chi connectivity index (χ0v) is 19.3. The van der Waals surface area contributed by atoms with Crippen LogP contribution in [0.2, 0.25) is 0 Å². The van der Waals surface area contributed by atoms with E-state index in [4.69, 9.17) is 0 Å². The van der Waals surface area contributed by atoms with Crippen LogP contribution in [0.5, 0.6) is 0 Å². The molecule has 0 aromatic heterocycles. The zero-order chi connectivity index (χ0) is 15.4. The van der Waals surface area contributed by atoms with Crippen molar-refractivity contribution in [2.24, 2.45) is 11.3 Å². The van der Waals surface area contributed by atoms with Crippen molar-refractivity contribution in [2.75, 3.05) is 0 Å². The van der Waals surface area contributed by atoms with E-state index in [0.29, 0.717) is 11.3 Å². The molecule has 2 rings (SSSR count). The first-order valence-electron chi connectivity index (χ1n) is 7.65. The Kier molecular flexibility index (Phi) is 7.69. The summed E-state index contributed by atoms with van der Waals surface area (Å²) in [7, 11) is 0. The molecule has 0 aliphatic heterocycles. The molecule has 22 heavy (non-hydrogen) atoms. The third kappa shape index (κ3) is 3.29. The number of rotatable bonds is 2. The molecule has 0 fully saturated rings. The first kappa shape index (κ1) is 22.4. The van der Waals surface area contributed by atoms with Gasteiger partial charge < -0.3 is 24.8 Å². The first-order chi connectivity index (χ1) is 9.10. The van der Waals surface area contributed by atoms with Gasteiger partial charge in [-0.3, -0.25) is 0 Å². The third-order valence-corrected chi connectivity index (χ3v) is 11.7. The van der Waals surface area contributed by atoms with Crippen molar-refractivity contribution < 1.29 is 48.0 Å². The van der Waals surface area contributed by atoms with E-state index in [9.17, 15) is 0 Å². The second-order valence-electron chi connectivity index (χ2n) is 7.07. The molecule has 0 saturated heterocycles. The Morgan fingerprint density at radius 2 is 1.27 bits per heavy atom. The van der Waals surface area contributed by atoms with Crippen molar-refractivity contribution >= 4 is 0 Å². The summed E-state index contributed by atoms with van der Waals surface area (Å²) in [5.74, 6) is 0.693. The molecular formula is C19H28Cl2Zr. The van der Waals surface area contributed by atoms with E-state index in [0.717, 1.165) is 0 Å². The molecule has 0 N–H and O–H groups in total. The summed E-state index contributed by atoms with van der Waals surface area (Å²) in [6.45, 7) is 21.3. The SMILES string of the molecule is CC1=C(C)C(C)[C]([Zr+2][C]2=C(C)C(C)=C(C)C2(C)C)=C1C.[Cl-].[Cl-]. The molecule has 0 nitrogen and oxygen atoms in total. The van der Waals surface area contributed by atoms with Crippen LogP contribution >= 0.6 is 0 Å². The summed E-state index contributed by atoms with van der Waals surface area (Å²) in [5.41, 5.74) is 9.83. The van der Waals surface area contributed by atoms with Crippen LogP contribution in [0.1, 0.15) is 62.3 Å². The van der Waals surface area contributed by atoms with Gasteiger partial charge in [-0.2, -0.15) is 0 Å². The van der Waals surface area contributed by atoms with E-state index in [-0.39, 0.29) is 24.8 Å². The quantitative estimate of drug-likeness (QED) is 0.592. The Bertz CT molecular complexity index is 601. The summed E-state index contributed by atoms with van der Waals surface area (Å²) in [6.07, 6.45) is 0. The second-order valence-corrected chi connectivity index (χ2v) is 10.2. The fraction of sp³-hybridized carbons (Fsp3) is 0.579. The van der Waals surface area contributed by atoms with Crippen molar-refractivity contribution in [3.8, 4) is 0 Å². The molecule has 0 bridgehead atoms. The normalized spacial score (nSPS) is 23.8. The maximum absolute atomic E-state index is 2.43.